The number of hydrogen-bond acceptors (Lipinski definition) is 7. The Balaban J connectivity index is 1.50. The molecule has 2 N–H and O–H groups in total. The van der Waals surface area contributed by atoms with Crippen LogP contribution >= 0.6 is 11.3 Å². The summed E-state index contributed by atoms with van der Waals surface area (Å²) < 4.78 is 29.3. The van der Waals surface area contributed by atoms with E-state index in [0.29, 0.717) is 5.56 Å². The number of anilines is 1. The van der Waals surface area contributed by atoms with Gasteiger partial charge < -0.3 is 10.6 Å². The fourth-order valence-corrected chi connectivity index (χ4v) is 5.37. The number of thiophene rings is 1. The monoisotopic (exact) mass is 467 g/mol. The van der Waals surface area contributed by atoms with Crippen LogP contribution in [0.3, 0.4) is 0 Å². The van der Waals surface area contributed by atoms with Crippen molar-refractivity contribution < 1.29 is 8.78 Å². The maximum absolute atomic E-state index is 14.4. The first-order chi connectivity index (χ1) is 16.0. The SMILES string of the molecule is CCCN1CCc2cc(-c3cnc(N)c(-c4nnnn4-c4cccc(F)c4F)c3)sc2CC1. The number of hydrogen-bond donors (Lipinski definition) is 1. The molecule has 0 spiro atoms. The molecule has 4 heterocycles. The van der Waals surface area contributed by atoms with Crippen molar-refractivity contribution in [2.75, 3.05) is 25.4 Å². The lowest BCUT2D eigenvalue weighted by Crippen LogP contribution is -2.27. The zero-order valence-electron chi connectivity index (χ0n) is 18.1. The molecule has 0 saturated heterocycles. The third-order valence-corrected chi connectivity index (χ3v) is 7.15. The molecule has 33 heavy (non-hydrogen) atoms. The number of fused-ring (bicyclic) bond motifs is 1. The fraction of sp³-hybridized carbons (Fsp3) is 0.304. The van der Waals surface area contributed by atoms with Crippen LogP contribution in [-0.2, 0) is 12.8 Å². The molecule has 1 aromatic carbocycles. The molecule has 0 bridgehead atoms. The highest BCUT2D eigenvalue weighted by Crippen LogP contribution is 2.36. The van der Waals surface area contributed by atoms with Crippen molar-refractivity contribution in [3.05, 3.63) is 58.6 Å². The van der Waals surface area contributed by atoms with E-state index >= 15 is 0 Å². The van der Waals surface area contributed by atoms with Crippen LogP contribution in [0.1, 0.15) is 23.8 Å². The summed E-state index contributed by atoms with van der Waals surface area (Å²) in [7, 11) is 0. The Kier molecular flexibility index (Phi) is 5.86. The van der Waals surface area contributed by atoms with Gasteiger partial charge in [0.15, 0.2) is 17.5 Å². The van der Waals surface area contributed by atoms with Crippen LogP contribution in [0, 0.1) is 11.6 Å². The van der Waals surface area contributed by atoms with E-state index in [9.17, 15) is 8.78 Å². The summed E-state index contributed by atoms with van der Waals surface area (Å²) in [4.78, 5) is 9.35. The molecule has 1 aliphatic rings. The molecular weight excluding hydrogens is 444 g/mol. The number of nitrogens with zero attached hydrogens (tertiary/aromatic N) is 6. The molecule has 10 heteroatoms. The number of nitrogens with two attached hydrogens (primary N) is 1. The zero-order valence-corrected chi connectivity index (χ0v) is 18.9. The zero-order chi connectivity index (χ0) is 22.9. The topological polar surface area (TPSA) is 85.8 Å². The first kappa shape index (κ1) is 21.6. The molecule has 0 radical (unpaired) electrons. The van der Waals surface area contributed by atoms with Gasteiger partial charge in [0.2, 0.25) is 0 Å². The molecular formula is C23H23F2N7S. The predicted molar refractivity (Wildman–Crippen MR) is 124 cm³/mol. The van der Waals surface area contributed by atoms with Crippen LogP contribution in [0.15, 0.2) is 36.5 Å². The second-order valence-corrected chi connectivity index (χ2v) is 9.18. The highest BCUT2D eigenvalue weighted by Gasteiger charge is 2.21. The number of halogens is 2. The van der Waals surface area contributed by atoms with Crippen LogP contribution < -0.4 is 5.73 Å². The van der Waals surface area contributed by atoms with Crippen molar-refractivity contribution in [1.29, 1.82) is 0 Å². The minimum absolute atomic E-state index is 0.0979. The standard InChI is InChI=1S/C23H23F2N7S/c1-2-8-31-9-6-14-12-20(33-19(14)7-10-31)15-11-16(22(26)27-13-15)23-28-29-30-32(23)18-5-3-4-17(24)21(18)25/h3-5,11-13H,2,6-10H2,1H3,(H2,26,27). The highest BCUT2D eigenvalue weighted by atomic mass is 32.1. The van der Waals surface area contributed by atoms with Crippen molar-refractivity contribution in [2.24, 2.45) is 0 Å². The summed E-state index contributed by atoms with van der Waals surface area (Å²) in [5.41, 5.74) is 8.76. The van der Waals surface area contributed by atoms with Gasteiger partial charge in [0, 0.05) is 34.6 Å². The normalized spacial score (nSPS) is 14.3. The van der Waals surface area contributed by atoms with E-state index in [-0.39, 0.29) is 17.3 Å². The van der Waals surface area contributed by atoms with Gasteiger partial charge in [0.25, 0.3) is 0 Å². The number of tetrazole rings is 1. The van der Waals surface area contributed by atoms with Gasteiger partial charge in [-0.1, -0.05) is 13.0 Å². The van der Waals surface area contributed by atoms with Crippen molar-refractivity contribution in [3.63, 3.8) is 0 Å². The number of aromatic nitrogens is 5. The summed E-state index contributed by atoms with van der Waals surface area (Å²) in [5, 5.41) is 11.5. The molecule has 7 nitrogen and oxygen atoms in total. The Morgan fingerprint density at radius 3 is 2.85 bits per heavy atom. The largest absolute Gasteiger partial charge is 0.383 e. The Morgan fingerprint density at radius 2 is 2.00 bits per heavy atom. The smallest absolute Gasteiger partial charge is 0.190 e. The minimum Gasteiger partial charge on any atom is -0.383 e. The van der Waals surface area contributed by atoms with Gasteiger partial charge in [-0.05, 0) is 66.1 Å². The average Bonchev–Trinajstić information content (AvgIpc) is 3.41. The predicted octanol–water partition coefficient (Wildman–Crippen LogP) is 4.12. The maximum Gasteiger partial charge on any atom is 0.190 e. The molecule has 4 aromatic rings. The second kappa shape index (κ2) is 8.95. The van der Waals surface area contributed by atoms with Gasteiger partial charge in [0.05, 0.1) is 5.56 Å². The van der Waals surface area contributed by atoms with Gasteiger partial charge in [-0.3, -0.25) is 0 Å². The van der Waals surface area contributed by atoms with Crippen LogP contribution in [0.25, 0.3) is 27.5 Å². The summed E-state index contributed by atoms with van der Waals surface area (Å²) in [6.07, 6.45) is 4.95. The van der Waals surface area contributed by atoms with E-state index in [2.05, 4.69) is 38.4 Å². The fourth-order valence-electron chi connectivity index (χ4n) is 4.18. The number of benzene rings is 1. The van der Waals surface area contributed by atoms with E-state index in [0.717, 1.165) is 60.1 Å². The van der Waals surface area contributed by atoms with E-state index in [1.165, 1.54) is 22.6 Å². The lowest BCUT2D eigenvalue weighted by molar-refractivity contribution is 0.288. The molecule has 3 aromatic heterocycles. The Hall–Kier alpha value is -3.24. The van der Waals surface area contributed by atoms with Gasteiger partial charge in [-0.15, -0.1) is 16.4 Å². The van der Waals surface area contributed by atoms with Gasteiger partial charge in [-0.2, -0.15) is 4.68 Å². The van der Waals surface area contributed by atoms with E-state index < -0.39 is 11.6 Å². The molecule has 0 atom stereocenters. The lowest BCUT2D eigenvalue weighted by Gasteiger charge is -2.18. The van der Waals surface area contributed by atoms with Crippen molar-refractivity contribution in [3.8, 4) is 27.5 Å². The number of nitrogen functional groups attached to an aromatic ring is 1. The maximum atomic E-state index is 14.4. The summed E-state index contributed by atoms with van der Waals surface area (Å²) in [6.45, 7) is 5.48. The summed E-state index contributed by atoms with van der Waals surface area (Å²) in [6, 6.07) is 7.93. The van der Waals surface area contributed by atoms with Crippen molar-refractivity contribution in [1.82, 2.24) is 30.1 Å². The molecule has 0 saturated carbocycles. The molecule has 0 aliphatic carbocycles. The van der Waals surface area contributed by atoms with E-state index in [1.54, 1.807) is 17.5 Å². The molecule has 0 unspecified atom stereocenters. The Bertz CT molecular complexity index is 1270. The van der Waals surface area contributed by atoms with Gasteiger partial charge >= 0.3 is 0 Å². The van der Waals surface area contributed by atoms with Crippen molar-refractivity contribution in [2.45, 2.75) is 26.2 Å². The summed E-state index contributed by atoms with van der Waals surface area (Å²) in [5.74, 6) is -1.61. The van der Waals surface area contributed by atoms with Crippen LogP contribution in [0.2, 0.25) is 0 Å². The third-order valence-electron chi connectivity index (χ3n) is 5.86. The van der Waals surface area contributed by atoms with Crippen molar-refractivity contribution >= 4 is 17.2 Å². The molecule has 0 fully saturated rings. The van der Waals surface area contributed by atoms with E-state index in [1.807, 2.05) is 6.07 Å². The van der Waals surface area contributed by atoms with Crippen LogP contribution in [-0.4, -0.2) is 49.7 Å². The van der Waals surface area contributed by atoms with Crippen LogP contribution in [0.4, 0.5) is 14.6 Å². The first-order valence-corrected chi connectivity index (χ1v) is 11.7. The number of pyridine rings is 1. The van der Waals surface area contributed by atoms with Crippen LogP contribution in [0.5, 0.6) is 0 Å². The Labute approximate surface area is 193 Å². The second-order valence-electron chi connectivity index (χ2n) is 8.04. The third kappa shape index (κ3) is 4.11. The highest BCUT2D eigenvalue weighted by molar-refractivity contribution is 7.15. The quantitative estimate of drug-likeness (QED) is 0.475. The number of rotatable bonds is 5. The lowest BCUT2D eigenvalue weighted by atomic mass is 10.1. The van der Waals surface area contributed by atoms with E-state index in [4.69, 9.17) is 5.73 Å². The molecule has 0 amide bonds. The summed E-state index contributed by atoms with van der Waals surface area (Å²) >= 11 is 1.76. The molecule has 170 valence electrons. The average molecular weight is 468 g/mol. The first-order valence-electron chi connectivity index (χ1n) is 10.9. The molecule has 1 aliphatic heterocycles. The van der Waals surface area contributed by atoms with Gasteiger partial charge in [-0.25, -0.2) is 13.8 Å². The minimum atomic E-state index is -1.03. The molecule has 5 rings (SSSR count). The Morgan fingerprint density at radius 1 is 1.15 bits per heavy atom. The van der Waals surface area contributed by atoms with Gasteiger partial charge in [0.1, 0.15) is 11.5 Å².